The summed E-state index contributed by atoms with van der Waals surface area (Å²) in [4.78, 5) is 0. The first kappa shape index (κ1) is 13.0. The summed E-state index contributed by atoms with van der Waals surface area (Å²) in [6, 6.07) is 3.76. The molecule has 0 aromatic heterocycles. The van der Waals surface area contributed by atoms with E-state index in [0.717, 1.165) is 28.0 Å². The summed E-state index contributed by atoms with van der Waals surface area (Å²) in [7, 11) is 1.63. The first-order valence-corrected chi connectivity index (χ1v) is 6.20. The van der Waals surface area contributed by atoms with Crippen LogP contribution in [0.4, 0.5) is 0 Å². The topological polar surface area (TPSA) is 38.7 Å². The second-order valence-electron chi connectivity index (χ2n) is 4.94. The number of benzene rings is 1. The van der Waals surface area contributed by atoms with Crippen LogP contribution >= 0.6 is 0 Å². The van der Waals surface area contributed by atoms with Crippen molar-refractivity contribution in [3.8, 4) is 11.5 Å². The smallest absolute Gasteiger partial charge is 0.169 e. The van der Waals surface area contributed by atoms with Crippen LogP contribution in [0, 0.1) is 0 Å². The molecule has 0 saturated carbocycles. The van der Waals surface area contributed by atoms with Crippen LogP contribution in [0.15, 0.2) is 17.7 Å². The summed E-state index contributed by atoms with van der Waals surface area (Å²) in [5, 5.41) is 10.2. The zero-order valence-corrected chi connectivity index (χ0v) is 11.6. The van der Waals surface area contributed by atoms with E-state index in [4.69, 9.17) is 9.47 Å². The minimum Gasteiger partial charge on any atom is -0.493 e. The van der Waals surface area contributed by atoms with Crippen molar-refractivity contribution in [2.24, 2.45) is 0 Å². The van der Waals surface area contributed by atoms with Gasteiger partial charge in [-0.1, -0.05) is 6.07 Å². The van der Waals surface area contributed by atoms with Gasteiger partial charge in [0.05, 0.1) is 13.2 Å². The van der Waals surface area contributed by atoms with Crippen LogP contribution in [0.25, 0.3) is 5.57 Å². The van der Waals surface area contributed by atoms with Gasteiger partial charge in [0.1, 0.15) is 6.10 Å². The highest BCUT2D eigenvalue weighted by molar-refractivity contribution is 5.81. The van der Waals surface area contributed by atoms with Crippen LogP contribution in [-0.4, -0.2) is 18.3 Å². The molecule has 1 unspecified atom stereocenters. The van der Waals surface area contributed by atoms with Crippen molar-refractivity contribution >= 4 is 5.57 Å². The average molecular weight is 248 g/mol. The Kier molecular flexibility index (Phi) is 3.35. The van der Waals surface area contributed by atoms with Gasteiger partial charge in [0.15, 0.2) is 11.5 Å². The Morgan fingerprint density at radius 2 is 1.89 bits per heavy atom. The summed E-state index contributed by atoms with van der Waals surface area (Å²) < 4.78 is 11.2. The number of hydrogen-bond donors (Lipinski definition) is 1. The van der Waals surface area contributed by atoms with Crippen LogP contribution in [0.1, 0.15) is 44.9 Å². The van der Waals surface area contributed by atoms with E-state index in [9.17, 15) is 5.11 Å². The molecule has 1 aromatic rings. The van der Waals surface area contributed by atoms with Crippen molar-refractivity contribution in [1.29, 1.82) is 0 Å². The Balaban J connectivity index is 2.64. The molecule has 0 radical (unpaired) electrons. The van der Waals surface area contributed by atoms with Crippen LogP contribution in [0.2, 0.25) is 0 Å². The molecule has 1 atom stereocenters. The molecule has 0 spiro atoms. The molecular weight excluding hydrogens is 228 g/mol. The molecule has 0 heterocycles. The van der Waals surface area contributed by atoms with E-state index in [-0.39, 0.29) is 6.10 Å². The third-order valence-electron chi connectivity index (χ3n) is 3.40. The Hall–Kier alpha value is -1.48. The lowest BCUT2D eigenvalue weighted by atomic mass is 10.0. The van der Waals surface area contributed by atoms with Crippen molar-refractivity contribution in [3.63, 3.8) is 0 Å². The van der Waals surface area contributed by atoms with Gasteiger partial charge in [0.2, 0.25) is 0 Å². The maximum absolute atomic E-state index is 10.2. The molecule has 0 amide bonds. The van der Waals surface area contributed by atoms with Gasteiger partial charge >= 0.3 is 0 Å². The number of aliphatic hydroxyl groups is 1. The second kappa shape index (κ2) is 4.65. The zero-order valence-electron chi connectivity index (χ0n) is 11.6. The quantitative estimate of drug-likeness (QED) is 0.891. The average Bonchev–Trinajstić information content (AvgIpc) is 2.54. The fourth-order valence-corrected chi connectivity index (χ4v) is 2.34. The largest absolute Gasteiger partial charge is 0.493 e. The van der Waals surface area contributed by atoms with Gasteiger partial charge < -0.3 is 14.6 Å². The van der Waals surface area contributed by atoms with Gasteiger partial charge in [-0.2, -0.15) is 0 Å². The molecule has 1 aromatic carbocycles. The van der Waals surface area contributed by atoms with Crippen molar-refractivity contribution in [2.45, 2.75) is 39.9 Å². The maximum atomic E-state index is 10.2. The highest BCUT2D eigenvalue weighted by Gasteiger charge is 2.29. The van der Waals surface area contributed by atoms with E-state index in [0.29, 0.717) is 5.75 Å². The number of rotatable bonds is 3. The van der Waals surface area contributed by atoms with Crippen LogP contribution in [0.5, 0.6) is 11.5 Å². The van der Waals surface area contributed by atoms with Gasteiger partial charge in [-0.15, -0.1) is 0 Å². The predicted molar refractivity (Wildman–Crippen MR) is 72.0 cm³/mol. The van der Waals surface area contributed by atoms with E-state index in [1.807, 2.05) is 39.8 Å². The fourth-order valence-electron chi connectivity index (χ4n) is 2.34. The molecule has 0 bridgehead atoms. The molecule has 0 saturated heterocycles. The van der Waals surface area contributed by atoms with Gasteiger partial charge in [-0.05, 0) is 50.5 Å². The molecular formula is C15H20O3. The molecule has 2 rings (SSSR count). The third kappa shape index (κ3) is 1.89. The van der Waals surface area contributed by atoms with E-state index >= 15 is 0 Å². The molecule has 18 heavy (non-hydrogen) atoms. The summed E-state index contributed by atoms with van der Waals surface area (Å²) in [5.74, 6) is 1.45. The highest BCUT2D eigenvalue weighted by atomic mass is 16.5. The van der Waals surface area contributed by atoms with Crippen molar-refractivity contribution in [1.82, 2.24) is 0 Å². The van der Waals surface area contributed by atoms with Crippen LogP contribution in [-0.2, 0) is 0 Å². The lowest BCUT2D eigenvalue weighted by Crippen LogP contribution is -2.09. The van der Waals surface area contributed by atoms with Crippen molar-refractivity contribution in [3.05, 3.63) is 28.8 Å². The molecule has 3 heteroatoms. The molecule has 98 valence electrons. The van der Waals surface area contributed by atoms with E-state index < -0.39 is 6.10 Å². The molecule has 1 aliphatic rings. The fraction of sp³-hybridized carbons (Fsp3) is 0.467. The predicted octanol–water partition coefficient (Wildman–Crippen LogP) is 3.32. The first-order chi connectivity index (χ1) is 8.47. The Bertz CT molecular complexity index is 501. The van der Waals surface area contributed by atoms with E-state index in [2.05, 4.69) is 0 Å². The summed E-state index contributed by atoms with van der Waals surface area (Å²) >= 11 is 0. The molecule has 1 aliphatic carbocycles. The Labute approximate surface area is 108 Å². The number of fused-ring (bicyclic) bond motifs is 1. The number of hydrogen-bond acceptors (Lipinski definition) is 3. The SMILES string of the molecule is COc1ccc2c(c1OC(C)C)C(C)=C(C)C2O. The van der Waals surface area contributed by atoms with Crippen LogP contribution in [0.3, 0.4) is 0 Å². The molecule has 0 aliphatic heterocycles. The standard InChI is InChI=1S/C15H20O3/c1-8(2)18-15-12(17-5)7-6-11-13(15)9(3)10(4)14(11)16/h6-8,14,16H,1-5H3. The number of methoxy groups -OCH3 is 1. The lowest BCUT2D eigenvalue weighted by molar-refractivity contribution is 0.214. The molecule has 0 fully saturated rings. The van der Waals surface area contributed by atoms with E-state index in [1.54, 1.807) is 7.11 Å². The monoisotopic (exact) mass is 248 g/mol. The van der Waals surface area contributed by atoms with E-state index in [1.165, 1.54) is 0 Å². The van der Waals surface area contributed by atoms with Gasteiger partial charge in [-0.3, -0.25) is 0 Å². The zero-order chi connectivity index (χ0) is 13.4. The highest BCUT2D eigenvalue weighted by Crippen LogP contribution is 2.48. The van der Waals surface area contributed by atoms with Crippen LogP contribution < -0.4 is 9.47 Å². The normalized spacial score (nSPS) is 18.3. The third-order valence-corrected chi connectivity index (χ3v) is 3.40. The number of ether oxygens (including phenoxy) is 2. The molecule has 1 N–H and O–H groups in total. The maximum Gasteiger partial charge on any atom is 0.169 e. The Morgan fingerprint density at radius 1 is 1.22 bits per heavy atom. The van der Waals surface area contributed by atoms with Crippen molar-refractivity contribution in [2.75, 3.05) is 7.11 Å². The number of aliphatic hydroxyl groups excluding tert-OH is 1. The van der Waals surface area contributed by atoms with Gasteiger partial charge in [0.25, 0.3) is 0 Å². The lowest BCUT2D eigenvalue weighted by Gasteiger charge is -2.18. The first-order valence-electron chi connectivity index (χ1n) is 6.20. The summed E-state index contributed by atoms with van der Waals surface area (Å²) in [6.07, 6.45) is -0.461. The molecule has 3 nitrogen and oxygen atoms in total. The minimum atomic E-state index is -0.527. The van der Waals surface area contributed by atoms with Gasteiger partial charge in [-0.25, -0.2) is 0 Å². The summed E-state index contributed by atoms with van der Waals surface area (Å²) in [5.41, 5.74) is 3.94. The van der Waals surface area contributed by atoms with Crippen molar-refractivity contribution < 1.29 is 14.6 Å². The Morgan fingerprint density at radius 3 is 2.44 bits per heavy atom. The summed E-state index contributed by atoms with van der Waals surface area (Å²) in [6.45, 7) is 7.93. The minimum absolute atomic E-state index is 0.0660. The van der Waals surface area contributed by atoms with Gasteiger partial charge in [0, 0.05) is 5.56 Å². The second-order valence-corrected chi connectivity index (χ2v) is 4.94. The number of allylic oxidation sites excluding steroid dienone is 1.